The maximum absolute atomic E-state index is 12.8. The SMILES string of the molecule is Cc1cccc(Cl)c1/C=C/c1cc(=O)c2c(O)cc(O)c(C3CCN(C)CC3O)c2o1. The van der Waals surface area contributed by atoms with Gasteiger partial charge in [-0.3, -0.25) is 4.79 Å². The third-order valence-corrected chi connectivity index (χ3v) is 6.19. The standard InChI is InChI=1S/C24H24ClNO5/c1-13-4-3-5-17(25)15(13)7-6-14-10-18(27)23-20(29)11-19(28)22(24(23)31-14)16-8-9-26(2)12-21(16)30/h3-7,10-11,16,21,28-30H,8-9,12H2,1-2H3/b7-6+. The number of likely N-dealkylation sites (tertiary alicyclic amines) is 1. The van der Waals surface area contributed by atoms with Crippen molar-refractivity contribution in [1.29, 1.82) is 0 Å². The molecule has 0 amide bonds. The quantitative estimate of drug-likeness (QED) is 0.566. The van der Waals surface area contributed by atoms with Crippen molar-refractivity contribution in [1.82, 2.24) is 4.90 Å². The van der Waals surface area contributed by atoms with E-state index in [4.69, 9.17) is 16.0 Å². The van der Waals surface area contributed by atoms with Crippen LogP contribution >= 0.6 is 11.6 Å². The second kappa shape index (κ2) is 8.38. The van der Waals surface area contributed by atoms with Crippen LogP contribution in [0.15, 0.2) is 39.5 Å². The number of aliphatic hydroxyl groups excluding tert-OH is 1. The van der Waals surface area contributed by atoms with Crippen molar-refractivity contribution in [3.05, 3.63) is 68.0 Å². The van der Waals surface area contributed by atoms with Gasteiger partial charge in [0.05, 0.1) is 6.10 Å². The van der Waals surface area contributed by atoms with Crippen LogP contribution in [0.5, 0.6) is 11.5 Å². The van der Waals surface area contributed by atoms with Gasteiger partial charge in [0.15, 0.2) is 5.43 Å². The van der Waals surface area contributed by atoms with Crippen LogP contribution in [0.4, 0.5) is 0 Å². The summed E-state index contributed by atoms with van der Waals surface area (Å²) in [5.74, 6) is -0.729. The van der Waals surface area contributed by atoms with Crippen molar-refractivity contribution in [2.24, 2.45) is 0 Å². The van der Waals surface area contributed by atoms with Crippen LogP contribution in [0.1, 0.15) is 34.8 Å². The lowest BCUT2D eigenvalue weighted by Crippen LogP contribution is -2.40. The number of fused-ring (bicyclic) bond motifs is 1. The molecule has 2 unspecified atom stereocenters. The number of halogens is 1. The first-order chi connectivity index (χ1) is 14.8. The van der Waals surface area contributed by atoms with Crippen LogP contribution in [0.3, 0.4) is 0 Å². The number of hydrogen-bond donors (Lipinski definition) is 3. The van der Waals surface area contributed by atoms with E-state index in [2.05, 4.69) is 0 Å². The van der Waals surface area contributed by atoms with E-state index in [1.165, 1.54) is 6.07 Å². The summed E-state index contributed by atoms with van der Waals surface area (Å²) in [6, 6.07) is 7.99. The average Bonchev–Trinajstić information content (AvgIpc) is 2.68. The monoisotopic (exact) mass is 441 g/mol. The summed E-state index contributed by atoms with van der Waals surface area (Å²) in [6.45, 7) is 3.08. The van der Waals surface area contributed by atoms with Gasteiger partial charge in [0.2, 0.25) is 0 Å². The van der Waals surface area contributed by atoms with E-state index in [-0.39, 0.29) is 28.2 Å². The fourth-order valence-corrected chi connectivity index (χ4v) is 4.51. The smallest absolute Gasteiger partial charge is 0.197 e. The van der Waals surface area contributed by atoms with Gasteiger partial charge < -0.3 is 24.6 Å². The average molecular weight is 442 g/mol. The lowest BCUT2D eigenvalue weighted by molar-refractivity contribution is 0.0630. The molecule has 0 saturated carbocycles. The summed E-state index contributed by atoms with van der Waals surface area (Å²) in [4.78, 5) is 14.8. The van der Waals surface area contributed by atoms with Gasteiger partial charge in [-0.2, -0.15) is 0 Å². The van der Waals surface area contributed by atoms with Gasteiger partial charge in [-0.25, -0.2) is 0 Å². The number of benzene rings is 2. The normalized spacial score (nSPS) is 20.0. The molecule has 7 heteroatoms. The number of nitrogens with zero attached hydrogens (tertiary/aromatic N) is 1. The highest BCUT2D eigenvalue weighted by Gasteiger charge is 2.32. The molecule has 2 heterocycles. The number of aliphatic hydroxyl groups is 1. The van der Waals surface area contributed by atoms with Crippen molar-refractivity contribution < 1.29 is 19.7 Å². The molecular formula is C24H24ClNO5. The molecule has 2 atom stereocenters. The molecule has 0 aliphatic carbocycles. The summed E-state index contributed by atoms with van der Waals surface area (Å²) >= 11 is 6.28. The van der Waals surface area contributed by atoms with Crippen LogP contribution in [-0.4, -0.2) is 46.5 Å². The Morgan fingerprint density at radius 2 is 1.97 bits per heavy atom. The predicted molar refractivity (Wildman–Crippen MR) is 122 cm³/mol. The third kappa shape index (κ3) is 4.06. The van der Waals surface area contributed by atoms with E-state index in [9.17, 15) is 20.1 Å². The molecule has 1 aliphatic rings. The lowest BCUT2D eigenvalue weighted by Gasteiger charge is -2.34. The maximum atomic E-state index is 12.8. The first-order valence-electron chi connectivity index (χ1n) is 10.1. The van der Waals surface area contributed by atoms with Crippen molar-refractivity contribution in [3.8, 4) is 11.5 Å². The summed E-state index contributed by atoms with van der Waals surface area (Å²) < 4.78 is 5.99. The summed E-state index contributed by atoms with van der Waals surface area (Å²) in [7, 11) is 1.91. The van der Waals surface area contributed by atoms with Crippen molar-refractivity contribution in [2.75, 3.05) is 20.1 Å². The molecule has 0 bridgehead atoms. The van der Waals surface area contributed by atoms with Crippen molar-refractivity contribution in [2.45, 2.75) is 25.4 Å². The summed E-state index contributed by atoms with van der Waals surface area (Å²) in [5, 5.41) is 32.1. The van der Waals surface area contributed by atoms with Gasteiger partial charge in [-0.05, 0) is 56.3 Å². The Hall–Kier alpha value is -2.80. The number of hydrogen-bond acceptors (Lipinski definition) is 6. The molecule has 1 aliphatic heterocycles. The van der Waals surface area contributed by atoms with Crippen LogP contribution in [0.2, 0.25) is 5.02 Å². The highest BCUT2D eigenvalue weighted by atomic mass is 35.5. The zero-order valence-corrected chi connectivity index (χ0v) is 18.1. The van der Waals surface area contributed by atoms with Gasteiger partial charge in [-0.15, -0.1) is 0 Å². The van der Waals surface area contributed by atoms with Gasteiger partial charge in [-0.1, -0.05) is 23.7 Å². The Balaban J connectivity index is 1.87. The Morgan fingerprint density at radius 3 is 2.68 bits per heavy atom. The number of phenolic OH excluding ortho intramolecular Hbond substituents is 2. The molecule has 1 fully saturated rings. The number of rotatable bonds is 3. The van der Waals surface area contributed by atoms with Gasteiger partial charge in [0.25, 0.3) is 0 Å². The van der Waals surface area contributed by atoms with E-state index in [1.807, 2.05) is 31.0 Å². The highest BCUT2D eigenvalue weighted by Crippen LogP contribution is 2.41. The molecule has 2 aromatic carbocycles. The zero-order valence-electron chi connectivity index (χ0n) is 17.3. The molecule has 3 N–H and O–H groups in total. The number of aromatic hydroxyl groups is 2. The molecule has 162 valence electrons. The maximum Gasteiger partial charge on any atom is 0.197 e. The fraction of sp³-hybridized carbons (Fsp3) is 0.292. The minimum absolute atomic E-state index is 0.00926. The molecule has 3 aromatic rings. The molecule has 0 spiro atoms. The topological polar surface area (TPSA) is 94.1 Å². The van der Waals surface area contributed by atoms with Crippen LogP contribution in [0, 0.1) is 6.92 Å². The highest BCUT2D eigenvalue weighted by molar-refractivity contribution is 6.32. The van der Waals surface area contributed by atoms with Gasteiger partial charge in [0, 0.05) is 35.2 Å². The first-order valence-corrected chi connectivity index (χ1v) is 10.5. The Kier molecular flexibility index (Phi) is 5.79. The number of aryl methyl sites for hydroxylation is 1. The fourth-order valence-electron chi connectivity index (χ4n) is 4.23. The van der Waals surface area contributed by atoms with E-state index in [0.717, 1.165) is 23.7 Å². The third-order valence-electron chi connectivity index (χ3n) is 5.86. The van der Waals surface area contributed by atoms with E-state index >= 15 is 0 Å². The minimum atomic E-state index is -0.743. The number of likely N-dealkylation sites (N-methyl/N-ethyl adjacent to an activating group) is 1. The minimum Gasteiger partial charge on any atom is -0.507 e. The predicted octanol–water partition coefficient (Wildman–Crippen LogP) is 4.12. The van der Waals surface area contributed by atoms with Crippen LogP contribution < -0.4 is 5.43 Å². The van der Waals surface area contributed by atoms with Crippen LogP contribution in [0.25, 0.3) is 23.1 Å². The molecule has 6 nitrogen and oxygen atoms in total. The molecule has 31 heavy (non-hydrogen) atoms. The number of phenols is 2. The summed E-state index contributed by atoms with van der Waals surface area (Å²) in [6.07, 6.45) is 3.22. The molecule has 1 aromatic heterocycles. The Morgan fingerprint density at radius 1 is 1.19 bits per heavy atom. The van der Waals surface area contributed by atoms with Crippen LogP contribution in [-0.2, 0) is 0 Å². The Labute approximate surface area is 184 Å². The van der Waals surface area contributed by atoms with Gasteiger partial charge >= 0.3 is 0 Å². The molecular weight excluding hydrogens is 418 g/mol. The molecule has 4 rings (SSSR count). The van der Waals surface area contributed by atoms with Crippen molar-refractivity contribution in [3.63, 3.8) is 0 Å². The largest absolute Gasteiger partial charge is 0.507 e. The van der Waals surface area contributed by atoms with E-state index in [1.54, 1.807) is 18.2 Å². The first kappa shape index (κ1) is 21.4. The molecule has 1 saturated heterocycles. The van der Waals surface area contributed by atoms with E-state index in [0.29, 0.717) is 23.6 Å². The van der Waals surface area contributed by atoms with Gasteiger partial charge in [0.1, 0.15) is 28.2 Å². The number of piperidine rings is 1. The zero-order chi connectivity index (χ0) is 22.3. The summed E-state index contributed by atoms with van der Waals surface area (Å²) in [5.41, 5.74) is 1.77. The second-order valence-electron chi connectivity index (χ2n) is 8.07. The lowest BCUT2D eigenvalue weighted by atomic mass is 9.85. The van der Waals surface area contributed by atoms with Crippen molar-refractivity contribution >= 4 is 34.7 Å². The molecule has 0 radical (unpaired) electrons. The number of β-amino-alcohol motifs (C(OH)–C–C–N with tert-alkyl or cyclic N) is 1. The Bertz CT molecular complexity index is 1210. The second-order valence-corrected chi connectivity index (χ2v) is 8.48. The van der Waals surface area contributed by atoms with E-state index < -0.39 is 17.5 Å².